The van der Waals surface area contributed by atoms with E-state index in [0.29, 0.717) is 0 Å². The lowest BCUT2D eigenvalue weighted by atomic mass is 10.1. The van der Waals surface area contributed by atoms with Gasteiger partial charge in [0.05, 0.1) is 0 Å². The smallest absolute Gasteiger partial charge is 0.149 e. The number of rotatable bonds is 5. The molecule has 3 nitrogen and oxygen atoms in total. The summed E-state index contributed by atoms with van der Waals surface area (Å²) in [5.74, 6) is -0.265. The van der Waals surface area contributed by atoms with Crippen LogP contribution in [0, 0.1) is 5.82 Å². The van der Waals surface area contributed by atoms with Gasteiger partial charge in [-0.2, -0.15) is 0 Å². The van der Waals surface area contributed by atoms with Crippen LogP contribution in [0.3, 0.4) is 0 Å². The number of aryl methyl sites for hydroxylation is 1. The number of hydrogen-bond donors (Lipinski definition) is 1. The van der Waals surface area contributed by atoms with Crippen LogP contribution in [-0.2, 0) is 6.42 Å². The zero-order valence-corrected chi connectivity index (χ0v) is 14.8. The van der Waals surface area contributed by atoms with E-state index in [2.05, 4.69) is 52.2 Å². The van der Waals surface area contributed by atoms with Gasteiger partial charge >= 0.3 is 0 Å². The highest BCUT2D eigenvalue weighted by atomic mass is 79.9. The highest BCUT2D eigenvalue weighted by molar-refractivity contribution is 9.10. The van der Waals surface area contributed by atoms with E-state index in [1.807, 2.05) is 0 Å². The third-order valence-electron chi connectivity index (χ3n) is 2.85. The van der Waals surface area contributed by atoms with Crippen molar-refractivity contribution in [3.05, 3.63) is 33.5 Å². The molecule has 0 saturated carbocycles. The first-order chi connectivity index (χ1) is 9.85. The number of halogens is 2. The number of nitrogens with one attached hydrogen (secondary N) is 1. The van der Waals surface area contributed by atoms with Gasteiger partial charge in [-0.05, 0) is 51.9 Å². The normalized spacial score (nSPS) is 11.9. The van der Waals surface area contributed by atoms with Crippen molar-refractivity contribution in [2.24, 2.45) is 0 Å². The highest BCUT2D eigenvalue weighted by Gasteiger charge is 2.12. The molecule has 2 rings (SSSR count). The SMILES string of the molecule is CC(C)(C)NCCCc1nnc(-c2cc(F)ccc2Br)s1. The van der Waals surface area contributed by atoms with E-state index in [1.165, 1.54) is 23.5 Å². The van der Waals surface area contributed by atoms with Crippen LogP contribution >= 0.6 is 27.3 Å². The van der Waals surface area contributed by atoms with E-state index in [-0.39, 0.29) is 11.4 Å². The van der Waals surface area contributed by atoms with Crippen molar-refractivity contribution in [1.29, 1.82) is 0 Å². The van der Waals surface area contributed by atoms with Gasteiger partial charge in [0, 0.05) is 22.0 Å². The predicted octanol–water partition coefficient (Wildman–Crippen LogP) is 4.43. The lowest BCUT2D eigenvalue weighted by Crippen LogP contribution is -2.36. The lowest BCUT2D eigenvalue weighted by molar-refractivity contribution is 0.422. The lowest BCUT2D eigenvalue weighted by Gasteiger charge is -2.20. The van der Waals surface area contributed by atoms with Crippen molar-refractivity contribution < 1.29 is 4.39 Å². The molecule has 0 fully saturated rings. The first-order valence-electron chi connectivity index (χ1n) is 6.88. The van der Waals surface area contributed by atoms with Crippen molar-refractivity contribution in [3.8, 4) is 10.6 Å². The van der Waals surface area contributed by atoms with Gasteiger partial charge in [0.2, 0.25) is 0 Å². The van der Waals surface area contributed by atoms with Crippen LogP contribution < -0.4 is 5.32 Å². The van der Waals surface area contributed by atoms with E-state index < -0.39 is 0 Å². The maximum atomic E-state index is 13.3. The Kier molecular flexibility index (Phi) is 5.46. The van der Waals surface area contributed by atoms with Crippen LogP contribution in [0.25, 0.3) is 10.6 Å². The first-order valence-corrected chi connectivity index (χ1v) is 8.49. The number of hydrogen-bond acceptors (Lipinski definition) is 4. The molecule has 1 aromatic heterocycles. The van der Waals surface area contributed by atoms with Gasteiger partial charge < -0.3 is 5.32 Å². The third kappa shape index (κ3) is 5.13. The molecule has 2 aromatic rings. The minimum absolute atomic E-state index is 0.138. The highest BCUT2D eigenvalue weighted by Crippen LogP contribution is 2.31. The Hall–Kier alpha value is -0.850. The molecule has 0 radical (unpaired) electrons. The molecule has 0 spiro atoms. The van der Waals surface area contributed by atoms with E-state index in [0.717, 1.165) is 39.4 Å². The van der Waals surface area contributed by atoms with Crippen molar-refractivity contribution in [2.75, 3.05) is 6.54 Å². The van der Waals surface area contributed by atoms with Gasteiger partial charge in [-0.15, -0.1) is 10.2 Å². The topological polar surface area (TPSA) is 37.8 Å². The number of benzene rings is 1. The largest absolute Gasteiger partial charge is 0.312 e. The predicted molar refractivity (Wildman–Crippen MR) is 89.1 cm³/mol. The molecular formula is C15H19BrFN3S. The standard InChI is InChI=1S/C15H19BrFN3S/c1-15(2,3)18-8-4-5-13-19-20-14(21-13)11-9-10(17)6-7-12(11)16/h6-7,9,18H,4-5,8H2,1-3H3. The summed E-state index contributed by atoms with van der Waals surface area (Å²) in [7, 11) is 0. The summed E-state index contributed by atoms with van der Waals surface area (Å²) in [5.41, 5.74) is 0.894. The number of aromatic nitrogens is 2. The minimum Gasteiger partial charge on any atom is -0.312 e. The Morgan fingerprint density at radius 1 is 1.29 bits per heavy atom. The summed E-state index contributed by atoms with van der Waals surface area (Å²) in [6, 6.07) is 4.60. The molecule has 0 saturated heterocycles. The average molecular weight is 372 g/mol. The van der Waals surface area contributed by atoms with Gasteiger partial charge in [0.15, 0.2) is 0 Å². The molecule has 0 aliphatic heterocycles. The maximum Gasteiger partial charge on any atom is 0.149 e. The van der Waals surface area contributed by atoms with Crippen molar-refractivity contribution in [2.45, 2.75) is 39.2 Å². The first kappa shape index (κ1) is 16.5. The molecule has 1 heterocycles. The van der Waals surface area contributed by atoms with Crippen LogP contribution in [0.2, 0.25) is 0 Å². The second kappa shape index (κ2) is 6.94. The zero-order chi connectivity index (χ0) is 15.5. The van der Waals surface area contributed by atoms with Gasteiger partial charge in [-0.3, -0.25) is 0 Å². The third-order valence-corrected chi connectivity index (χ3v) is 4.56. The van der Waals surface area contributed by atoms with Crippen molar-refractivity contribution >= 4 is 27.3 Å². The summed E-state index contributed by atoms with van der Waals surface area (Å²) in [5, 5.41) is 13.5. The van der Waals surface area contributed by atoms with E-state index in [1.54, 1.807) is 6.07 Å². The Labute approximate surface area is 137 Å². The van der Waals surface area contributed by atoms with Crippen LogP contribution in [0.4, 0.5) is 4.39 Å². The van der Waals surface area contributed by atoms with Crippen molar-refractivity contribution in [3.63, 3.8) is 0 Å². The van der Waals surface area contributed by atoms with E-state index in [4.69, 9.17) is 0 Å². The Balaban J connectivity index is 1.97. The molecule has 21 heavy (non-hydrogen) atoms. The second-order valence-corrected chi connectivity index (χ2v) is 7.82. The summed E-state index contributed by atoms with van der Waals surface area (Å²) in [6.45, 7) is 7.40. The maximum absolute atomic E-state index is 13.3. The van der Waals surface area contributed by atoms with Crippen LogP contribution in [0.15, 0.2) is 22.7 Å². The van der Waals surface area contributed by atoms with E-state index in [9.17, 15) is 4.39 Å². The quantitative estimate of drug-likeness (QED) is 0.790. The summed E-state index contributed by atoms with van der Waals surface area (Å²) in [6.07, 6.45) is 1.89. The fraction of sp³-hybridized carbons (Fsp3) is 0.467. The van der Waals surface area contributed by atoms with Crippen LogP contribution in [0.1, 0.15) is 32.2 Å². The molecule has 0 aliphatic rings. The Bertz CT molecular complexity index is 607. The van der Waals surface area contributed by atoms with Crippen LogP contribution in [-0.4, -0.2) is 22.3 Å². The molecule has 0 amide bonds. The molecule has 0 bridgehead atoms. The molecular weight excluding hydrogens is 353 g/mol. The average Bonchev–Trinajstić information content (AvgIpc) is 2.85. The molecule has 1 aromatic carbocycles. The molecule has 0 unspecified atom stereocenters. The Morgan fingerprint density at radius 3 is 2.76 bits per heavy atom. The van der Waals surface area contributed by atoms with Crippen LogP contribution in [0.5, 0.6) is 0 Å². The minimum atomic E-state index is -0.265. The molecule has 1 N–H and O–H groups in total. The Morgan fingerprint density at radius 2 is 2.05 bits per heavy atom. The zero-order valence-electron chi connectivity index (χ0n) is 12.4. The van der Waals surface area contributed by atoms with Crippen molar-refractivity contribution in [1.82, 2.24) is 15.5 Å². The summed E-state index contributed by atoms with van der Waals surface area (Å²) < 4.78 is 14.2. The van der Waals surface area contributed by atoms with Gasteiger partial charge in [0.1, 0.15) is 15.8 Å². The fourth-order valence-corrected chi connectivity index (χ4v) is 3.31. The van der Waals surface area contributed by atoms with Gasteiger partial charge in [0.25, 0.3) is 0 Å². The number of nitrogens with zero attached hydrogens (tertiary/aromatic N) is 2. The monoisotopic (exact) mass is 371 g/mol. The molecule has 0 atom stereocenters. The summed E-state index contributed by atoms with van der Waals surface area (Å²) in [4.78, 5) is 0. The van der Waals surface area contributed by atoms with Gasteiger partial charge in [-0.25, -0.2) is 4.39 Å². The molecule has 6 heteroatoms. The van der Waals surface area contributed by atoms with Gasteiger partial charge in [-0.1, -0.05) is 27.3 Å². The summed E-state index contributed by atoms with van der Waals surface area (Å²) >= 11 is 4.94. The molecule has 0 aliphatic carbocycles. The van der Waals surface area contributed by atoms with E-state index >= 15 is 0 Å². The fourth-order valence-electron chi connectivity index (χ4n) is 1.83. The second-order valence-electron chi connectivity index (χ2n) is 5.91. The molecule has 114 valence electrons.